The maximum absolute atomic E-state index is 11.8. The van der Waals surface area contributed by atoms with Crippen molar-refractivity contribution in [2.75, 3.05) is 0 Å². The largest absolute Gasteiger partial charge is 0.461 e. The lowest BCUT2D eigenvalue weighted by Gasteiger charge is -2.05. The molecule has 1 aromatic carbocycles. The minimum atomic E-state index is -0.0929. The number of ether oxygens (including phenoxy) is 1. The van der Waals surface area contributed by atoms with E-state index >= 15 is 0 Å². The number of hydrogen-bond acceptors (Lipinski definition) is 2. The fraction of sp³-hybridized carbons (Fsp3) is 0.720. The molecular weight excluding hydrogens is 368 g/mol. The molecule has 0 atom stereocenters. The van der Waals surface area contributed by atoms with E-state index in [2.05, 4.69) is 6.92 Å². The summed E-state index contributed by atoms with van der Waals surface area (Å²) in [5, 5.41) is 0.702. The summed E-state index contributed by atoms with van der Waals surface area (Å²) in [5.74, 6) is -0.0929. The van der Waals surface area contributed by atoms with Crippen molar-refractivity contribution in [3.63, 3.8) is 0 Å². The van der Waals surface area contributed by atoms with Crippen LogP contribution in [0.25, 0.3) is 0 Å². The number of esters is 1. The molecule has 0 unspecified atom stereocenters. The van der Waals surface area contributed by atoms with Gasteiger partial charge in [-0.2, -0.15) is 0 Å². The maximum Gasteiger partial charge on any atom is 0.306 e. The average Bonchev–Trinajstić information content (AvgIpc) is 2.70. The topological polar surface area (TPSA) is 26.3 Å². The molecule has 0 amide bonds. The van der Waals surface area contributed by atoms with Crippen LogP contribution in [0.1, 0.15) is 115 Å². The Bertz CT molecular complexity index is 484. The first-order chi connectivity index (χ1) is 13.7. The Labute approximate surface area is 178 Å². The van der Waals surface area contributed by atoms with Crippen LogP contribution < -0.4 is 0 Å². The maximum atomic E-state index is 11.8. The molecular formula is C25H41ClO2. The lowest BCUT2D eigenvalue weighted by atomic mass is 10.0. The van der Waals surface area contributed by atoms with Crippen molar-refractivity contribution in [1.82, 2.24) is 0 Å². The molecule has 28 heavy (non-hydrogen) atoms. The van der Waals surface area contributed by atoms with E-state index in [4.69, 9.17) is 16.3 Å². The summed E-state index contributed by atoms with van der Waals surface area (Å²) in [4.78, 5) is 11.8. The quantitative estimate of drug-likeness (QED) is 0.179. The zero-order chi connectivity index (χ0) is 20.3. The van der Waals surface area contributed by atoms with Crippen molar-refractivity contribution in [3.05, 3.63) is 34.9 Å². The third-order valence-corrected chi connectivity index (χ3v) is 5.55. The summed E-state index contributed by atoms with van der Waals surface area (Å²) in [6.07, 6.45) is 20.6. The van der Waals surface area contributed by atoms with Crippen molar-refractivity contribution in [2.45, 2.75) is 116 Å². The smallest absolute Gasteiger partial charge is 0.306 e. The molecule has 0 fully saturated rings. The fourth-order valence-corrected chi connectivity index (χ4v) is 3.58. The predicted molar refractivity (Wildman–Crippen MR) is 121 cm³/mol. The van der Waals surface area contributed by atoms with Crippen molar-refractivity contribution in [1.29, 1.82) is 0 Å². The van der Waals surface area contributed by atoms with Crippen molar-refractivity contribution in [2.24, 2.45) is 0 Å². The van der Waals surface area contributed by atoms with Crippen molar-refractivity contribution in [3.8, 4) is 0 Å². The van der Waals surface area contributed by atoms with E-state index in [0.29, 0.717) is 18.1 Å². The number of benzene rings is 1. The molecule has 1 aromatic rings. The van der Waals surface area contributed by atoms with E-state index in [0.717, 1.165) is 18.4 Å². The molecule has 3 heteroatoms. The zero-order valence-corrected chi connectivity index (χ0v) is 18.8. The highest BCUT2D eigenvalue weighted by Gasteiger charge is 2.03. The Morgan fingerprint density at radius 1 is 0.714 bits per heavy atom. The monoisotopic (exact) mass is 408 g/mol. The van der Waals surface area contributed by atoms with Gasteiger partial charge in [-0.3, -0.25) is 4.79 Å². The second kappa shape index (κ2) is 18.0. The van der Waals surface area contributed by atoms with Crippen LogP contribution in [0.4, 0.5) is 0 Å². The van der Waals surface area contributed by atoms with Gasteiger partial charge in [0.1, 0.15) is 6.61 Å². The standard InChI is InChI=1S/C25H41ClO2/c1-2-3-4-5-6-7-8-9-10-11-12-13-14-15-16-17-25(27)28-22-23-18-20-24(26)21-19-23/h18-21H,2-17,22H2,1H3. The fourth-order valence-electron chi connectivity index (χ4n) is 3.46. The summed E-state index contributed by atoms with van der Waals surface area (Å²) in [7, 11) is 0. The van der Waals surface area contributed by atoms with Gasteiger partial charge in [0.25, 0.3) is 0 Å². The van der Waals surface area contributed by atoms with Gasteiger partial charge in [-0.15, -0.1) is 0 Å². The van der Waals surface area contributed by atoms with Crippen LogP contribution in [0.2, 0.25) is 5.02 Å². The van der Waals surface area contributed by atoms with Crippen LogP contribution in [0.5, 0.6) is 0 Å². The summed E-state index contributed by atoms with van der Waals surface area (Å²) >= 11 is 5.84. The van der Waals surface area contributed by atoms with Gasteiger partial charge in [0.15, 0.2) is 0 Å². The van der Waals surface area contributed by atoms with Crippen LogP contribution in [-0.4, -0.2) is 5.97 Å². The van der Waals surface area contributed by atoms with E-state index in [1.54, 1.807) is 0 Å². The van der Waals surface area contributed by atoms with Crippen LogP contribution >= 0.6 is 11.6 Å². The molecule has 0 N–H and O–H groups in total. The van der Waals surface area contributed by atoms with Gasteiger partial charge in [0, 0.05) is 11.4 Å². The third-order valence-electron chi connectivity index (χ3n) is 5.30. The molecule has 0 aromatic heterocycles. The Balaban J connectivity index is 1.80. The third kappa shape index (κ3) is 15.0. The van der Waals surface area contributed by atoms with E-state index < -0.39 is 0 Å². The Kier molecular flexibility index (Phi) is 16.1. The Hall–Kier alpha value is -1.02. The average molecular weight is 409 g/mol. The summed E-state index contributed by atoms with van der Waals surface area (Å²) in [6.45, 7) is 2.62. The number of carbonyl (C=O) groups is 1. The second-order valence-corrected chi connectivity index (χ2v) is 8.42. The van der Waals surface area contributed by atoms with Gasteiger partial charge in [-0.25, -0.2) is 0 Å². The number of carbonyl (C=O) groups excluding carboxylic acids is 1. The molecule has 0 bridgehead atoms. The molecule has 0 aliphatic heterocycles. The highest BCUT2D eigenvalue weighted by atomic mass is 35.5. The number of halogens is 1. The van der Waals surface area contributed by atoms with Gasteiger partial charge in [0.2, 0.25) is 0 Å². The molecule has 0 aliphatic rings. The van der Waals surface area contributed by atoms with Gasteiger partial charge in [0.05, 0.1) is 0 Å². The summed E-state index contributed by atoms with van der Waals surface area (Å²) in [5.41, 5.74) is 0.981. The molecule has 0 radical (unpaired) electrons. The molecule has 2 nitrogen and oxygen atoms in total. The van der Waals surface area contributed by atoms with E-state index in [1.165, 1.54) is 83.5 Å². The molecule has 160 valence electrons. The van der Waals surface area contributed by atoms with Crippen LogP contribution in [0.3, 0.4) is 0 Å². The summed E-state index contributed by atoms with van der Waals surface area (Å²) < 4.78 is 5.31. The Morgan fingerprint density at radius 3 is 1.61 bits per heavy atom. The van der Waals surface area contributed by atoms with Crippen LogP contribution in [-0.2, 0) is 16.1 Å². The molecule has 0 aliphatic carbocycles. The molecule has 1 rings (SSSR count). The number of hydrogen-bond donors (Lipinski definition) is 0. The van der Waals surface area contributed by atoms with E-state index in [1.807, 2.05) is 24.3 Å². The molecule has 0 saturated heterocycles. The zero-order valence-electron chi connectivity index (χ0n) is 18.0. The van der Waals surface area contributed by atoms with Gasteiger partial charge in [-0.05, 0) is 24.1 Å². The van der Waals surface area contributed by atoms with Crippen molar-refractivity contribution >= 4 is 17.6 Å². The highest BCUT2D eigenvalue weighted by molar-refractivity contribution is 6.30. The van der Waals surface area contributed by atoms with Crippen molar-refractivity contribution < 1.29 is 9.53 Å². The van der Waals surface area contributed by atoms with Crippen LogP contribution in [0.15, 0.2) is 24.3 Å². The van der Waals surface area contributed by atoms with Crippen LogP contribution in [0, 0.1) is 0 Å². The Morgan fingerprint density at radius 2 is 1.14 bits per heavy atom. The first kappa shape index (κ1) is 25.0. The number of unbranched alkanes of at least 4 members (excludes halogenated alkanes) is 14. The normalized spacial score (nSPS) is 10.9. The van der Waals surface area contributed by atoms with Gasteiger partial charge >= 0.3 is 5.97 Å². The number of rotatable bonds is 18. The van der Waals surface area contributed by atoms with E-state index in [9.17, 15) is 4.79 Å². The predicted octanol–water partition coefficient (Wildman–Crippen LogP) is 8.64. The SMILES string of the molecule is CCCCCCCCCCCCCCCCCC(=O)OCc1ccc(Cl)cc1. The molecule has 0 saturated carbocycles. The first-order valence-corrected chi connectivity index (χ1v) is 12.0. The minimum absolute atomic E-state index is 0.0929. The second-order valence-electron chi connectivity index (χ2n) is 7.99. The molecule has 0 heterocycles. The van der Waals surface area contributed by atoms with E-state index in [-0.39, 0.29) is 5.97 Å². The minimum Gasteiger partial charge on any atom is -0.461 e. The van der Waals surface area contributed by atoms with Gasteiger partial charge in [-0.1, -0.05) is 121 Å². The lowest BCUT2D eigenvalue weighted by molar-refractivity contribution is -0.145. The first-order valence-electron chi connectivity index (χ1n) is 11.6. The lowest BCUT2D eigenvalue weighted by Crippen LogP contribution is -2.04. The highest BCUT2D eigenvalue weighted by Crippen LogP contribution is 2.14. The summed E-state index contributed by atoms with van der Waals surface area (Å²) in [6, 6.07) is 7.42. The molecule has 0 spiro atoms. The van der Waals surface area contributed by atoms with Gasteiger partial charge < -0.3 is 4.74 Å².